The molecule has 0 bridgehead atoms. The second-order valence-corrected chi connectivity index (χ2v) is 9.10. The van der Waals surface area contributed by atoms with Crippen LogP contribution in [0.4, 0.5) is 5.82 Å². The van der Waals surface area contributed by atoms with E-state index in [1.165, 1.54) is 18.6 Å². The van der Waals surface area contributed by atoms with Crippen molar-refractivity contribution in [1.82, 2.24) is 9.97 Å². The summed E-state index contributed by atoms with van der Waals surface area (Å²) in [5.74, 6) is -1.21. The number of hydrogen-bond acceptors (Lipinski definition) is 4. The Balaban J connectivity index is 1.94. The molecule has 8 heteroatoms. The van der Waals surface area contributed by atoms with Gasteiger partial charge in [-0.25, -0.2) is 4.98 Å². The summed E-state index contributed by atoms with van der Waals surface area (Å²) in [6.07, 6.45) is 4.59. The van der Waals surface area contributed by atoms with Crippen LogP contribution in [0.15, 0.2) is 67.1 Å². The highest BCUT2D eigenvalue weighted by molar-refractivity contribution is 6.30. The van der Waals surface area contributed by atoms with Crippen molar-refractivity contribution < 1.29 is 14.7 Å². The molecule has 1 aliphatic heterocycles. The molecule has 6 nitrogen and oxygen atoms in total. The number of aromatic nitrogens is 2. The van der Waals surface area contributed by atoms with Crippen LogP contribution >= 0.6 is 23.2 Å². The molecule has 0 spiro atoms. The predicted octanol–water partition coefficient (Wildman–Crippen LogP) is 5.53. The molecule has 0 saturated carbocycles. The molecule has 3 aromatic rings. The number of nitrogens with zero attached hydrogens (tertiary/aromatic N) is 3. The van der Waals surface area contributed by atoms with Crippen molar-refractivity contribution in [2.24, 2.45) is 5.41 Å². The van der Waals surface area contributed by atoms with Crippen LogP contribution in [0.25, 0.3) is 0 Å². The van der Waals surface area contributed by atoms with Crippen LogP contribution in [-0.2, 0) is 9.59 Å². The third kappa shape index (κ3) is 4.33. The summed E-state index contributed by atoms with van der Waals surface area (Å²) in [5.41, 5.74) is 0.630. The molecule has 1 amide bonds. The van der Waals surface area contributed by atoms with Crippen LogP contribution in [0.5, 0.6) is 0 Å². The number of halogens is 2. The number of anilines is 1. The smallest absolute Gasteiger partial charge is 0.304 e. The van der Waals surface area contributed by atoms with Gasteiger partial charge in [0.2, 0.25) is 5.91 Å². The quantitative estimate of drug-likeness (QED) is 0.531. The van der Waals surface area contributed by atoms with Crippen LogP contribution in [0.3, 0.4) is 0 Å². The highest BCUT2D eigenvalue weighted by Crippen LogP contribution is 2.52. The van der Waals surface area contributed by atoms with Crippen molar-refractivity contribution in [3.63, 3.8) is 0 Å². The van der Waals surface area contributed by atoms with Crippen LogP contribution in [0, 0.1) is 5.41 Å². The van der Waals surface area contributed by atoms with E-state index < -0.39 is 17.4 Å². The summed E-state index contributed by atoms with van der Waals surface area (Å²) in [7, 11) is 0. The Hall–Kier alpha value is -2.96. The second-order valence-electron chi connectivity index (χ2n) is 8.23. The molecule has 1 fully saturated rings. The van der Waals surface area contributed by atoms with Crippen molar-refractivity contribution in [2.75, 3.05) is 4.90 Å². The van der Waals surface area contributed by atoms with E-state index in [2.05, 4.69) is 9.97 Å². The maximum absolute atomic E-state index is 13.8. The minimum atomic E-state index is -1.14. The highest BCUT2D eigenvalue weighted by Gasteiger charge is 2.51. The van der Waals surface area contributed by atoms with E-state index >= 15 is 0 Å². The van der Waals surface area contributed by atoms with Gasteiger partial charge in [0.15, 0.2) is 5.82 Å². The van der Waals surface area contributed by atoms with Gasteiger partial charge < -0.3 is 5.11 Å². The molecule has 1 aromatic heterocycles. The van der Waals surface area contributed by atoms with E-state index in [9.17, 15) is 14.7 Å². The molecule has 164 valence electrons. The molecular weight excluding hydrogens is 449 g/mol. The fourth-order valence-electron chi connectivity index (χ4n) is 4.50. The van der Waals surface area contributed by atoms with Crippen molar-refractivity contribution in [3.8, 4) is 0 Å². The summed E-state index contributed by atoms with van der Waals surface area (Å²) < 4.78 is 0. The van der Waals surface area contributed by atoms with Crippen LogP contribution in [0.2, 0.25) is 10.0 Å². The van der Waals surface area contributed by atoms with Gasteiger partial charge in [0.05, 0.1) is 24.1 Å². The van der Waals surface area contributed by atoms with E-state index in [0.29, 0.717) is 22.3 Å². The Morgan fingerprint density at radius 2 is 1.88 bits per heavy atom. The number of carbonyl (C=O) groups excluding carboxylic acids is 1. The molecular formula is C24H21Cl2N3O3. The van der Waals surface area contributed by atoms with Crippen LogP contribution < -0.4 is 4.90 Å². The van der Waals surface area contributed by atoms with Crippen molar-refractivity contribution in [2.45, 2.75) is 31.7 Å². The van der Waals surface area contributed by atoms with Gasteiger partial charge in [0, 0.05) is 28.4 Å². The summed E-state index contributed by atoms with van der Waals surface area (Å²) >= 11 is 12.4. The maximum Gasteiger partial charge on any atom is 0.304 e. The average Bonchev–Trinajstić information content (AvgIpc) is 2.76. The normalized spacial score (nSPS) is 23.2. The number of aliphatic carboxylic acids is 1. The topological polar surface area (TPSA) is 83.4 Å². The van der Waals surface area contributed by atoms with Gasteiger partial charge in [0.1, 0.15) is 0 Å². The van der Waals surface area contributed by atoms with Gasteiger partial charge in [-0.15, -0.1) is 0 Å². The zero-order valence-corrected chi connectivity index (χ0v) is 18.8. The standard InChI is InChI=1S/C24H21Cl2N3O3/c1-24(13-21(30)31)12-19(16-3-2-4-18(26)11-16)22(15-5-7-17(25)8-6-15)29(23(24)32)20-14-27-9-10-28-20/h2-11,14,19,22H,12-13H2,1H3,(H,30,31)/t19-,22?,24-/m1/s1. The Bertz CT molecular complexity index is 1140. The molecule has 32 heavy (non-hydrogen) atoms. The van der Waals surface area contributed by atoms with Crippen molar-refractivity contribution >= 4 is 40.9 Å². The zero-order chi connectivity index (χ0) is 22.9. The number of rotatable bonds is 5. The zero-order valence-electron chi connectivity index (χ0n) is 17.3. The van der Waals surface area contributed by atoms with E-state index in [-0.39, 0.29) is 18.2 Å². The average molecular weight is 470 g/mol. The molecule has 2 aromatic carbocycles. The number of benzene rings is 2. The Morgan fingerprint density at radius 3 is 2.50 bits per heavy atom. The Kier molecular flexibility index (Phi) is 6.17. The molecule has 1 N–H and O–H groups in total. The molecule has 3 atom stereocenters. The Morgan fingerprint density at radius 1 is 1.12 bits per heavy atom. The van der Waals surface area contributed by atoms with Gasteiger partial charge in [0.25, 0.3) is 0 Å². The second kappa shape index (κ2) is 8.88. The third-order valence-electron chi connectivity index (χ3n) is 5.89. The molecule has 0 aliphatic carbocycles. The van der Waals surface area contributed by atoms with Gasteiger partial charge in [-0.1, -0.05) is 54.4 Å². The van der Waals surface area contributed by atoms with E-state index in [4.69, 9.17) is 23.2 Å². The first-order chi connectivity index (χ1) is 15.3. The minimum Gasteiger partial charge on any atom is -0.481 e. The summed E-state index contributed by atoms with van der Waals surface area (Å²) in [5, 5.41) is 10.7. The highest BCUT2D eigenvalue weighted by atomic mass is 35.5. The van der Waals surface area contributed by atoms with Gasteiger partial charge in [-0.05, 0) is 41.8 Å². The Labute approximate surface area is 195 Å². The lowest BCUT2D eigenvalue weighted by atomic mass is 9.67. The third-order valence-corrected chi connectivity index (χ3v) is 6.38. The first-order valence-electron chi connectivity index (χ1n) is 10.1. The molecule has 4 rings (SSSR count). The number of carboxylic acid groups (broad SMARTS) is 1. The molecule has 2 heterocycles. The molecule has 1 unspecified atom stereocenters. The summed E-state index contributed by atoms with van der Waals surface area (Å²) in [6.45, 7) is 1.70. The SMILES string of the molecule is C[C@]1(CC(=O)O)C[C@H](c2cccc(Cl)c2)C(c2ccc(Cl)cc2)N(c2cnccn2)C1=O. The van der Waals surface area contributed by atoms with E-state index in [1.807, 2.05) is 30.3 Å². The lowest BCUT2D eigenvalue weighted by Crippen LogP contribution is -2.53. The summed E-state index contributed by atoms with van der Waals surface area (Å²) in [4.78, 5) is 35.6. The molecule has 0 radical (unpaired) electrons. The van der Waals surface area contributed by atoms with E-state index in [0.717, 1.165) is 11.1 Å². The van der Waals surface area contributed by atoms with Crippen molar-refractivity contribution in [1.29, 1.82) is 0 Å². The fraction of sp³-hybridized carbons (Fsp3) is 0.250. The predicted molar refractivity (Wildman–Crippen MR) is 123 cm³/mol. The molecule has 1 aliphatic rings. The van der Waals surface area contributed by atoms with Crippen LogP contribution in [-0.4, -0.2) is 27.0 Å². The number of amides is 1. The lowest BCUT2D eigenvalue weighted by Gasteiger charge is -2.48. The monoisotopic (exact) mass is 469 g/mol. The lowest BCUT2D eigenvalue weighted by molar-refractivity contribution is -0.145. The van der Waals surface area contributed by atoms with Crippen LogP contribution in [0.1, 0.15) is 42.9 Å². The van der Waals surface area contributed by atoms with E-state index in [1.54, 1.807) is 30.0 Å². The van der Waals surface area contributed by atoms with Gasteiger partial charge in [-0.3, -0.25) is 19.5 Å². The van der Waals surface area contributed by atoms with Crippen molar-refractivity contribution in [3.05, 3.63) is 88.3 Å². The number of piperidine rings is 1. The first-order valence-corrected chi connectivity index (χ1v) is 10.9. The largest absolute Gasteiger partial charge is 0.481 e. The minimum absolute atomic E-state index is 0.237. The molecule has 1 saturated heterocycles. The number of carbonyl (C=O) groups is 2. The summed E-state index contributed by atoms with van der Waals surface area (Å²) in [6, 6.07) is 14.3. The maximum atomic E-state index is 13.8. The first kappa shape index (κ1) is 22.2. The van der Waals surface area contributed by atoms with Gasteiger partial charge in [-0.2, -0.15) is 0 Å². The number of hydrogen-bond donors (Lipinski definition) is 1. The van der Waals surface area contributed by atoms with Gasteiger partial charge >= 0.3 is 5.97 Å². The number of carboxylic acids is 1. The fourth-order valence-corrected chi connectivity index (χ4v) is 4.83.